The summed E-state index contributed by atoms with van der Waals surface area (Å²) in [6.07, 6.45) is 0. The lowest BCUT2D eigenvalue weighted by Gasteiger charge is -2.26. The number of nitrogens with zero attached hydrogens (tertiary/aromatic N) is 3. The van der Waals surface area contributed by atoms with Crippen LogP contribution in [0.2, 0.25) is 0 Å². The van der Waals surface area contributed by atoms with Crippen LogP contribution >= 0.6 is 0 Å². The van der Waals surface area contributed by atoms with Crippen LogP contribution < -0.4 is 19.9 Å². The maximum atomic E-state index is 9.87. The molecule has 0 amide bonds. The number of aromatic nitrogens is 2. The van der Waals surface area contributed by atoms with Crippen LogP contribution in [0.15, 0.2) is 60.0 Å². The number of nitrogens with two attached hydrogens (primary N) is 1. The molecular weight excluding hydrogens is 368 g/mol. The molecule has 7 nitrogen and oxygen atoms in total. The topological polar surface area (TPSA) is 95.3 Å². The molecule has 0 spiro atoms. The first-order chi connectivity index (χ1) is 14.2. The van der Waals surface area contributed by atoms with Gasteiger partial charge in [-0.15, -0.1) is 0 Å². The predicted octanol–water partition coefficient (Wildman–Crippen LogP) is 3.08. The minimum absolute atomic E-state index is 0.0856. The van der Waals surface area contributed by atoms with Gasteiger partial charge >= 0.3 is 0 Å². The number of allylic oxidation sites excluding steroid dienone is 1. The molecule has 0 bridgehead atoms. The highest BCUT2D eigenvalue weighted by molar-refractivity contribution is 5.71. The Kier molecular flexibility index (Phi) is 3.91. The number of ether oxygens (including phenoxy) is 3. The Morgan fingerprint density at radius 3 is 2.62 bits per heavy atom. The fourth-order valence-corrected chi connectivity index (χ4v) is 3.85. The normalized spacial score (nSPS) is 17.3. The number of rotatable bonds is 2. The Morgan fingerprint density at radius 1 is 1.10 bits per heavy atom. The van der Waals surface area contributed by atoms with E-state index >= 15 is 0 Å². The van der Waals surface area contributed by atoms with Crippen molar-refractivity contribution in [1.82, 2.24) is 9.78 Å². The van der Waals surface area contributed by atoms with Gasteiger partial charge in [-0.3, -0.25) is 0 Å². The SMILES string of the molecule is Cn1nc(-c2ccccc2)c2c1OC(N)=C(C#N)C2c1ccc2c(c1)OCCO2. The van der Waals surface area contributed by atoms with E-state index in [1.807, 2.05) is 48.5 Å². The Bertz CT molecular complexity index is 1170. The minimum atomic E-state index is -0.427. The second-order valence-corrected chi connectivity index (χ2v) is 6.88. The molecule has 2 aliphatic rings. The van der Waals surface area contributed by atoms with Gasteiger partial charge in [0.1, 0.15) is 30.6 Å². The highest BCUT2D eigenvalue weighted by atomic mass is 16.6. The van der Waals surface area contributed by atoms with Gasteiger partial charge in [-0.1, -0.05) is 36.4 Å². The molecule has 5 rings (SSSR count). The minimum Gasteiger partial charge on any atom is -0.486 e. The van der Waals surface area contributed by atoms with Crippen LogP contribution in [0, 0.1) is 11.3 Å². The second-order valence-electron chi connectivity index (χ2n) is 6.88. The maximum Gasteiger partial charge on any atom is 0.224 e. The number of hydrogen-bond acceptors (Lipinski definition) is 6. The lowest BCUT2D eigenvalue weighted by molar-refractivity contribution is 0.171. The van der Waals surface area contributed by atoms with Crippen LogP contribution in [0.5, 0.6) is 17.4 Å². The van der Waals surface area contributed by atoms with Crippen LogP contribution in [0.4, 0.5) is 0 Å². The summed E-state index contributed by atoms with van der Waals surface area (Å²) >= 11 is 0. The van der Waals surface area contributed by atoms with Gasteiger partial charge in [-0.05, 0) is 17.7 Å². The van der Waals surface area contributed by atoms with E-state index in [0.717, 1.165) is 22.4 Å². The molecule has 144 valence electrons. The van der Waals surface area contributed by atoms with E-state index in [2.05, 4.69) is 11.2 Å². The lowest BCUT2D eigenvalue weighted by Crippen LogP contribution is -2.22. The van der Waals surface area contributed by atoms with E-state index in [0.29, 0.717) is 36.2 Å². The van der Waals surface area contributed by atoms with Gasteiger partial charge in [0.2, 0.25) is 11.8 Å². The number of benzene rings is 2. The summed E-state index contributed by atoms with van der Waals surface area (Å²) in [6.45, 7) is 1.01. The van der Waals surface area contributed by atoms with Gasteiger partial charge < -0.3 is 19.9 Å². The second kappa shape index (κ2) is 6.60. The molecule has 2 aliphatic heterocycles. The molecule has 3 heterocycles. The molecule has 1 unspecified atom stereocenters. The van der Waals surface area contributed by atoms with E-state index < -0.39 is 5.92 Å². The van der Waals surface area contributed by atoms with Crippen molar-refractivity contribution in [2.75, 3.05) is 13.2 Å². The number of aryl methyl sites for hydroxylation is 1. The highest BCUT2D eigenvalue weighted by Crippen LogP contribution is 2.47. The third-order valence-electron chi connectivity index (χ3n) is 5.15. The largest absolute Gasteiger partial charge is 0.486 e. The summed E-state index contributed by atoms with van der Waals surface area (Å²) < 4.78 is 18.9. The van der Waals surface area contributed by atoms with Crippen molar-refractivity contribution in [1.29, 1.82) is 5.26 Å². The van der Waals surface area contributed by atoms with Crippen molar-refractivity contribution in [2.24, 2.45) is 12.8 Å². The predicted molar refractivity (Wildman–Crippen MR) is 105 cm³/mol. The molecule has 0 radical (unpaired) electrons. The van der Waals surface area contributed by atoms with Crippen LogP contribution in [-0.4, -0.2) is 23.0 Å². The number of hydrogen-bond donors (Lipinski definition) is 1. The standard InChI is InChI=1S/C22H18N4O3/c1-26-22-19(20(25-26)13-5-3-2-4-6-13)18(15(12-23)21(24)29-22)14-7-8-16-17(11-14)28-10-9-27-16/h2-8,11,18H,9-10,24H2,1H3. The summed E-state index contributed by atoms with van der Waals surface area (Å²) in [5.41, 5.74) is 9.83. The van der Waals surface area contributed by atoms with E-state index in [1.54, 1.807) is 11.7 Å². The summed E-state index contributed by atoms with van der Waals surface area (Å²) in [4.78, 5) is 0. The van der Waals surface area contributed by atoms with Gasteiger partial charge in [-0.2, -0.15) is 10.4 Å². The fraction of sp³-hybridized carbons (Fsp3) is 0.182. The quantitative estimate of drug-likeness (QED) is 0.727. The molecule has 0 aliphatic carbocycles. The summed E-state index contributed by atoms with van der Waals surface area (Å²) in [5, 5.41) is 14.5. The zero-order chi connectivity index (χ0) is 20.0. The molecule has 0 fully saturated rings. The number of fused-ring (bicyclic) bond motifs is 2. The molecule has 2 aromatic carbocycles. The van der Waals surface area contributed by atoms with Crippen LogP contribution in [0.3, 0.4) is 0 Å². The van der Waals surface area contributed by atoms with Gasteiger partial charge in [0.15, 0.2) is 11.5 Å². The summed E-state index contributed by atoms with van der Waals surface area (Å²) in [6, 6.07) is 17.8. The Labute approximate surface area is 167 Å². The first-order valence-corrected chi connectivity index (χ1v) is 9.27. The molecule has 0 saturated heterocycles. The van der Waals surface area contributed by atoms with E-state index in [1.165, 1.54) is 0 Å². The van der Waals surface area contributed by atoms with Crippen molar-refractivity contribution >= 4 is 0 Å². The van der Waals surface area contributed by atoms with Crippen molar-refractivity contribution < 1.29 is 14.2 Å². The van der Waals surface area contributed by atoms with Gasteiger partial charge in [0.25, 0.3) is 0 Å². The average Bonchev–Trinajstić information content (AvgIpc) is 3.09. The summed E-state index contributed by atoms with van der Waals surface area (Å²) in [7, 11) is 1.80. The van der Waals surface area contributed by atoms with Crippen molar-refractivity contribution in [3.63, 3.8) is 0 Å². The monoisotopic (exact) mass is 386 g/mol. The Balaban J connectivity index is 1.74. The zero-order valence-corrected chi connectivity index (χ0v) is 15.8. The van der Waals surface area contributed by atoms with Crippen molar-refractivity contribution in [3.8, 4) is 34.7 Å². The maximum absolute atomic E-state index is 9.87. The molecule has 1 atom stereocenters. The summed E-state index contributed by atoms with van der Waals surface area (Å²) in [5.74, 6) is 1.53. The molecule has 0 saturated carbocycles. The van der Waals surface area contributed by atoms with E-state index in [-0.39, 0.29) is 5.88 Å². The van der Waals surface area contributed by atoms with Crippen LogP contribution in [-0.2, 0) is 7.05 Å². The molecule has 3 aromatic rings. The molecule has 29 heavy (non-hydrogen) atoms. The fourth-order valence-electron chi connectivity index (χ4n) is 3.85. The lowest BCUT2D eigenvalue weighted by atomic mass is 9.83. The van der Waals surface area contributed by atoms with Gasteiger partial charge in [0.05, 0.1) is 11.5 Å². The first kappa shape index (κ1) is 17.2. The van der Waals surface area contributed by atoms with Crippen LogP contribution in [0.1, 0.15) is 17.0 Å². The zero-order valence-electron chi connectivity index (χ0n) is 15.8. The Morgan fingerprint density at radius 2 is 1.86 bits per heavy atom. The first-order valence-electron chi connectivity index (χ1n) is 9.27. The van der Waals surface area contributed by atoms with Crippen molar-refractivity contribution in [2.45, 2.75) is 5.92 Å². The van der Waals surface area contributed by atoms with E-state index in [4.69, 9.17) is 19.9 Å². The number of nitriles is 1. The third-order valence-corrected chi connectivity index (χ3v) is 5.15. The third kappa shape index (κ3) is 2.69. The molecule has 1 aromatic heterocycles. The van der Waals surface area contributed by atoms with Gasteiger partial charge in [-0.25, -0.2) is 4.68 Å². The van der Waals surface area contributed by atoms with Crippen LogP contribution in [0.25, 0.3) is 11.3 Å². The van der Waals surface area contributed by atoms with Crippen molar-refractivity contribution in [3.05, 3.63) is 71.1 Å². The molecule has 2 N–H and O–H groups in total. The average molecular weight is 386 g/mol. The molecular formula is C22H18N4O3. The highest BCUT2D eigenvalue weighted by Gasteiger charge is 2.37. The smallest absolute Gasteiger partial charge is 0.224 e. The Hall–Kier alpha value is -3.92. The molecule has 7 heteroatoms. The van der Waals surface area contributed by atoms with E-state index in [9.17, 15) is 5.26 Å². The van der Waals surface area contributed by atoms with Gasteiger partial charge in [0, 0.05) is 12.6 Å².